The summed E-state index contributed by atoms with van der Waals surface area (Å²) in [7, 11) is 3.15. The third-order valence-corrected chi connectivity index (χ3v) is 5.61. The summed E-state index contributed by atoms with van der Waals surface area (Å²) in [6.45, 7) is 2.65. The van der Waals surface area contributed by atoms with E-state index in [1.165, 1.54) is 34.7 Å². The van der Waals surface area contributed by atoms with Gasteiger partial charge in [0.1, 0.15) is 11.5 Å². The van der Waals surface area contributed by atoms with Gasteiger partial charge in [-0.2, -0.15) is 0 Å². The summed E-state index contributed by atoms with van der Waals surface area (Å²) < 4.78 is 133. The van der Waals surface area contributed by atoms with E-state index in [4.69, 9.17) is 21.9 Å². The number of amides is 1. The Labute approximate surface area is 231 Å². The van der Waals surface area contributed by atoms with Crippen LogP contribution in [0.4, 0.5) is 5.69 Å². The molecule has 2 aromatic rings. The van der Waals surface area contributed by atoms with Crippen LogP contribution in [0.2, 0.25) is 0 Å². The van der Waals surface area contributed by atoms with Gasteiger partial charge in [-0.15, -0.1) is 0 Å². The SMILES string of the molecule is [2H]Oc1c([2H])c([2H])c([C@@]([2H])(OC)C([2H])([2H])N(C)[C@]([2H])(C([2H])([2H])C)C([2H])(C)c2c(C)c([2H])c(OC([2H])([2H])C)c([2H])c2C)c(C)c1N(C)C(C)=O. The molecule has 2 rings (SSSR count). The smallest absolute Gasteiger partial charge is 0.293 e. The number of nitrogens with zero attached hydrogens (tertiary/aromatic N) is 2. The first kappa shape index (κ1) is 14.2. The van der Waals surface area contributed by atoms with Gasteiger partial charge >= 0.3 is 0 Å². The van der Waals surface area contributed by atoms with Crippen LogP contribution in [-0.2, 0) is 9.53 Å². The molecule has 0 aliphatic heterocycles. The molecule has 0 bridgehead atoms. The van der Waals surface area contributed by atoms with Crippen LogP contribution in [0.5, 0.6) is 11.5 Å². The normalized spacial score (nSPS) is 23.6. The summed E-state index contributed by atoms with van der Waals surface area (Å²) in [5.41, 5.74) is -1.32. The molecule has 194 valence electrons. The van der Waals surface area contributed by atoms with Crippen molar-refractivity contribution < 1.29 is 37.2 Å². The number of methoxy groups -OCH3 is 1. The monoisotopic (exact) mass is 498 g/mol. The Balaban J connectivity index is 3.09. The second kappa shape index (κ2) is 12.4. The molecule has 0 heterocycles. The lowest BCUT2D eigenvalue weighted by atomic mass is 9.84. The number of carbonyl (C=O) groups is 1. The molecule has 0 aromatic heterocycles. The fraction of sp³-hybridized carbons (Fsp3) is 0.552. The lowest BCUT2D eigenvalue weighted by molar-refractivity contribution is -0.116. The van der Waals surface area contributed by atoms with Crippen LogP contribution < -0.4 is 9.64 Å². The van der Waals surface area contributed by atoms with Crippen LogP contribution >= 0.6 is 0 Å². The van der Waals surface area contributed by atoms with Crippen LogP contribution in [0.1, 0.15) is 91.7 Å². The third kappa shape index (κ3) is 6.36. The maximum atomic E-state index is 12.4. The maximum absolute atomic E-state index is 12.4. The van der Waals surface area contributed by atoms with Crippen molar-refractivity contribution in [3.63, 3.8) is 0 Å². The molecular weight excluding hydrogens is 440 g/mol. The van der Waals surface area contributed by atoms with Gasteiger partial charge < -0.3 is 19.5 Å². The highest BCUT2D eigenvalue weighted by atomic mass is 16.5. The zero-order chi connectivity index (χ0) is 38.8. The molecule has 0 saturated heterocycles. The number of phenolic OH excluding ortho intramolecular Hbond substituents is 1. The molecule has 1 amide bonds. The summed E-state index contributed by atoms with van der Waals surface area (Å²) in [5.74, 6) is -4.12. The number of aromatic hydroxyl groups is 1. The van der Waals surface area contributed by atoms with Crippen LogP contribution in [0, 0.1) is 20.8 Å². The molecule has 3 atom stereocenters. The molecule has 0 aliphatic carbocycles. The highest BCUT2D eigenvalue weighted by Crippen LogP contribution is 2.37. The molecule has 0 radical (unpaired) electrons. The van der Waals surface area contributed by atoms with E-state index in [0.717, 1.165) is 39.8 Å². The molecule has 0 saturated carbocycles. The maximum Gasteiger partial charge on any atom is 0.293 e. The van der Waals surface area contributed by atoms with Gasteiger partial charge in [-0.05, 0) is 93.0 Å². The number of carbonyl (C=O) groups excluding carboxylic acids is 1. The van der Waals surface area contributed by atoms with Crippen molar-refractivity contribution in [2.45, 2.75) is 72.8 Å². The number of anilines is 1. The van der Waals surface area contributed by atoms with Gasteiger partial charge in [0.2, 0.25) is 5.91 Å². The van der Waals surface area contributed by atoms with E-state index in [0.29, 0.717) is 4.90 Å². The number of ether oxygens (including phenoxy) is 2. The highest BCUT2D eigenvalue weighted by molar-refractivity contribution is 5.93. The first-order valence-electron chi connectivity index (χ1n) is 17.9. The molecular formula is C29H44N2O4. The van der Waals surface area contributed by atoms with E-state index in [1.807, 2.05) is 0 Å². The van der Waals surface area contributed by atoms with E-state index in [9.17, 15) is 11.6 Å². The molecule has 6 nitrogen and oxygen atoms in total. The molecule has 0 aliphatic rings. The predicted molar refractivity (Wildman–Crippen MR) is 144 cm³/mol. The second-order valence-electron chi connectivity index (χ2n) is 7.94. The number of hydrogen-bond acceptors (Lipinski definition) is 5. The van der Waals surface area contributed by atoms with Crippen molar-refractivity contribution in [2.24, 2.45) is 0 Å². The summed E-state index contributed by atoms with van der Waals surface area (Å²) in [6, 6.07) is -5.62. The van der Waals surface area contributed by atoms with Crippen LogP contribution in [0.3, 0.4) is 0 Å². The van der Waals surface area contributed by atoms with Gasteiger partial charge in [0.05, 0.1) is 27.9 Å². The number of likely N-dealkylation sites (N-methyl/N-ethyl adjacent to an activating group) is 1. The first-order valence-corrected chi connectivity index (χ1v) is 11.0. The quantitative estimate of drug-likeness (QED) is 0.395. The van der Waals surface area contributed by atoms with E-state index in [-0.39, 0.29) is 27.9 Å². The average Bonchev–Trinajstić information content (AvgIpc) is 2.97. The van der Waals surface area contributed by atoms with Gasteiger partial charge in [0.15, 0.2) is 0 Å². The molecule has 1 N–H and O–H groups in total. The molecule has 2 aromatic carbocycles. The Morgan fingerprint density at radius 3 is 2.34 bits per heavy atom. The summed E-state index contributed by atoms with van der Waals surface area (Å²) >= 11 is 0. The molecule has 0 fully saturated rings. The number of phenols is 1. The topological polar surface area (TPSA) is 62.2 Å². The second-order valence-corrected chi connectivity index (χ2v) is 7.94. The fourth-order valence-electron chi connectivity index (χ4n) is 3.98. The lowest BCUT2D eigenvalue weighted by Crippen LogP contribution is -2.39. The van der Waals surface area contributed by atoms with Gasteiger partial charge in [-0.25, -0.2) is 0 Å². The van der Waals surface area contributed by atoms with Gasteiger partial charge in [0, 0.05) is 41.8 Å². The van der Waals surface area contributed by atoms with E-state index < -0.39 is 84.6 Å². The molecule has 0 spiro atoms. The number of hydrogen-bond donors (Lipinski definition) is 1. The van der Waals surface area contributed by atoms with E-state index >= 15 is 0 Å². The Kier molecular flexibility index (Phi) is 5.05. The van der Waals surface area contributed by atoms with Gasteiger partial charge in [-0.3, -0.25) is 9.69 Å². The number of benzene rings is 2. The summed E-state index contributed by atoms with van der Waals surface area (Å²) in [4.78, 5) is 13.8. The molecule has 1 unspecified atom stereocenters. The van der Waals surface area contributed by atoms with Gasteiger partial charge in [0.25, 0.3) is 1.43 Å². The van der Waals surface area contributed by atoms with Crippen molar-refractivity contribution in [2.75, 3.05) is 39.2 Å². The first-order chi connectivity index (χ1) is 21.9. The minimum absolute atomic E-state index is 0.0602. The third-order valence-electron chi connectivity index (χ3n) is 5.61. The van der Waals surface area contributed by atoms with Crippen LogP contribution in [0.15, 0.2) is 24.2 Å². The lowest BCUT2D eigenvalue weighted by Gasteiger charge is -2.36. The summed E-state index contributed by atoms with van der Waals surface area (Å²) in [5, 5.41) is 4.59. The molecule has 35 heavy (non-hydrogen) atoms. The summed E-state index contributed by atoms with van der Waals surface area (Å²) in [6.07, 6.45) is -5.89. The average molecular weight is 499 g/mol. The van der Waals surface area contributed by atoms with Crippen molar-refractivity contribution in [3.05, 3.63) is 52.0 Å². The standard InChI is InChI=1S/C29H44N2O4/c1-11-25(21(6)28-18(3)15-23(35-12-2)16-19(28)4)30(8)17-27(34-10)24-13-14-26(33)29(20(24)5)31(9)22(7)32/h13-16,21,25,27,33H,11-12,17H2,1-10H3/t21?,25-,27+/m1/s1/i11D2,12D2,13D,14D,15D,16D,17D2,21D,25D,27D/hD. The molecule has 6 heteroatoms. The number of rotatable bonds is 12. The zero-order valence-corrected chi connectivity index (χ0v) is 22.0. The fourth-order valence-corrected chi connectivity index (χ4v) is 3.98. The Hall–Kier alpha value is -2.57. The van der Waals surface area contributed by atoms with Crippen molar-refractivity contribution in [1.82, 2.24) is 4.90 Å². The van der Waals surface area contributed by atoms with Crippen LogP contribution in [-0.4, -0.2) is 57.6 Å². The Bertz CT molecular complexity index is 1600. The van der Waals surface area contributed by atoms with Crippen molar-refractivity contribution >= 4 is 11.6 Å². The highest BCUT2D eigenvalue weighted by Gasteiger charge is 2.28. The predicted octanol–water partition coefficient (Wildman–Crippen LogP) is 5.90. The minimum atomic E-state index is -3.34. The van der Waals surface area contributed by atoms with Gasteiger partial charge in [-0.1, -0.05) is 19.9 Å². The van der Waals surface area contributed by atoms with Crippen molar-refractivity contribution in [1.29, 1.82) is 1.43 Å². The van der Waals surface area contributed by atoms with E-state index in [2.05, 4.69) is 5.11 Å². The van der Waals surface area contributed by atoms with Crippen molar-refractivity contribution in [3.8, 4) is 11.5 Å². The van der Waals surface area contributed by atoms with E-state index in [1.54, 1.807) is 0 Å². The Morgan fingerprint density at radius 2 is 1.86 bits per heavy atom. The largest absolute Gasteiger partial charge is 0.506 e. The minimum Gasteiger partial charge on any atom is -0.506 e. The Morgan fingerprint density at radius 1 is 1.23 bits per heavy atom. The zero-order valence-electron chi connectivity index (χ0n) is 36.0. The van der Waals surface area contributed by atoms with Crippen LogP contribution in [0.25, 0.3) is 0 Å².